The molecule has 0 radical (unpaired) electrons. The van der Waals surface area contributed by atoms with Crippen LogP contribution in [0.2, 0.25) is 0 Å². The maximum atomic E-state index is 12.0. The Bertz CT molecular complexity index is 634. The van der Waals surface area contributed by atoms with Crippen LogP contribution in [0.1, 0.15) is 43.0 Å². The molecular formula is C13H18N4O. The summed E-state index contributed by atoms with van der Waals surface area (Å²) in [7, 11) is 1.93. The topological polar surface area (TPSA) is 65.3 Å². The van der Waals surface area contributed by atoms with Crippen molar-refractivity contribution in [3.8, 4) is 0 Å². The summed E-state index contributed by atoms with van der Waals surface area (Å²) in [5.74, 6) is 0.519. The molecule has 0 aromatic carbocycles. The van der Waals surface area contributed by atoms with Gasteiger partial charge >= 0.3 is 0 Å². The molecule has 2 N–H and O–H groups in total. The number of hydrogen-bond acceptors (Lipinski definition) is 3. The Labute approximate surface area is 105 Å². The fraction of sp³-hybridized carbons (Fsp3) is 0.538. The number of nitrogens with zero attached hydrogens (tertiary/aromatic N) is 3. The first-order valence-electron chi connectivity index (χ1n) is 6.49. The second-order valence-electron chi connectivity index (χ2n) is 5.06. The average Bonchev–Trinajstić information content (AvgIpc) is 3.00. The van der Waals surface area contributed by atoms with Crippen LogP contribution in [-0.2, 0) is 13.6 Å². The molecule has 18 heavy (non-hydrogen) atoms. The summed E-state index contributed by atoms with van der Waals surface area (Å²) in [5, 5.41) is 4.47. The Morgan fingerprint density at radius 1 is 1.39 bits per heavy atom. The minimum absolute atomic E-state index is 0.0900. The van der Waals surface area contributed by atoms with Gasteiger partial charge in [-0.25, -0.2) is 0 Å². The normalized spacial score (nSPS) is 16.8. The Kier molecular flexibility index (Phi) is 2.70. The van der Waals surface area contributed by atoms with Crippen LogP contribution in [0.3, 0.4) is 0 Å². The summed E-state index contributed by atoms with van der Waals surface area (Å²) in [6.07, 6.45) is 4.91. The third-order valence-electron chi connectivity index (χ3n) is 3.97. The molecule has 96 valence electrons. The SMILES string of the molecule is Cn1c(CN)cc(=O)n2nc(C3CCCC3)cc12. The fourth-order valence-electron chi connectivity index (χ4n) is 2.85. The summed E-state index contributed by atoms with van der Waals surface area (Å²) in [4.78, 5) is 12.0. The van der Waals surface area contributed by atoms with Crippen LogP contribution < -0.4 is 11.3 Å². The van der Waals surface area contributed by atoms with E-state index < -0.39 is 0 Å². The third-order valence-corrected chi connectivity index (χ3v) is 3.97. The lowest BCUT2D eigenvalue weighted by Gasteiger charge is -2.07. The van der Waals surface area contributed by atoms with Crippen molar-refractivity contribution in [3.05, 3.63) is 33.9 Å². The van der Waals surface area contributed by atoms with E-state index in [-0.39, 0.29) is 5.56 Å². The highest BCUT2D eigenvalue weighted by Gasteiger charge is 2.21. The molecule has 2 aromatic rings. The summed E-state index contributed by atoms with van der Waals surface area (Å²) >= 11 is 0. The van der Waals surface area contributed by atoms with E-state index in [0.29, 0.717) is 12.5 Å². The molecule has 5 nitrogen and oxygen atoms in total. The maximum Gasteiger partial charge on any atom is 0.274 e. The van der Waals surface area contributed by atoms with Crippen molar-refractivity contribution >= 4 is 5.65 Å². The van der Waals surface area contributed by atoms with Crippen molar-refractivity contribution in [3.63, 3.8) is 0 Å². The van der Waals surface area contributed by atoms with Crippen LogP contribution in [0.15, 0.2) is 16.9 Å². The predicted octanol–water partition coefficient (Wildman–Crippen LogP) is 1.15. The molecule has 0 amide bonds. The van der Waals surface area contributed by atoms with E-state index in [2.05, 4.69) is 5.10 Å². The summed E-state index contributed by atoms with van der Waals surface area (Å²) in [5.41, 5.74) is 8.29. The molecule has 1 fully saturated rings. The van der Waals surface area contributed by atoms with Crippen molar-refractivity contribution < 1.29 is 0 Å². The highest BCUT2D eigenvalue weighted by atomic mass is 16.1. The quantitative estimate of drug-likeness (QED) is 0.864. The van der Waals surface area contributed by atoms with E-state index in [9.17, 15) is 4.79 Å². The van der Waals surface area contributed by atoms with Crippen molar-refractivity contribution in [2.45, 2.75) is 38.1 Å². The maximum absolute atomic E-state index is 12.0. The zero-order valence-electron chi connectivity index (χ0n) is 10.6. The second-order valence-corrected chi connectivity index (χ2v) is 5.06. The Morgan fingerprint density at radius 3 is 2.78 bits per heavy atom. The monoisotopic (exact) mass is 246 g/mol. The van der Waals surface area contributed by atoms with Crippen molar-refractivity contribution in [1.29, 1.82) is 0 Å². The Hall–Kier alpha value is -1.62. The molecule has 1 saturated carbocycles. The van der Waals surface area contributed by atoms with Gasteiger partial charge in [0.15, 0.2) is 0 Å². The van der Waals surface area contributed by atoms with Crippen LogP contribution >= 0.6 is 0 Å². The minimum Gasteiger partial charge on any atom is -0.331 e. The van der Waals surface area contributed by atoms with Crippen LogP contribution in [0.25, 0.3) is 5.65 Å². The summed E-state index contributed by atoms with van der Waals surface area (Å²) < 4.78 is 3.44. The molecule has 0 spiro atoms. The zero-order chi connectivity index (χ0) is 12.7. The molecule has 0 aliphatic heterocycles. The van der Waals surface area contributed by atoms with E-state index in [1.54, 1.807) is 6.07 Å². The van der Waals surface area contributed by atoms with E-state index >= 15 is 0 Å². The predicted molar refractivity (Wildman–Crippen MR) is 69.5 cm³/mol. The van der Waals surface area contributed by atoms with Crippen molar-refractivity contribution in [2.24, 2.45) is 12.8 Å². The highest BCUT2D eigenvalue weighted by Crippen LogP contribution is 2.33. The molecule has 1 aliphatic carbocycles. The third kappa shape index (κ3) is 1.66. The first kappa shape index (κ1) is 11.5. The van der Waals surface area contributed by atoms with Gasteiger partial charge in [0.25, 0.3) is 5.56 Å². The second kappa shape index (κ2) is 4.24. The molecule has 2 aromatic heterocycles. The van der Waals surface area contributed by atoms with E-state index in [0.717, 1.165) is 17.0 Å². The molecule has 3 rings (SSSR count). The van der Waals surface area contributed by atoms with Gasteiger partial charge in [-0.3, -0.25) is 4.79 Å². The molecule has 0 atom stereocenters. The van der Waals surface area contributed by atoms with Gasteiger partial charge in [-0.15, -0.1) is 0 Å². The number of aryl methyl sites for hydroxylation is 1. The first-order valence-corrected chi connectivity index (χ1v) is 6.49. The first-order chi connectivity index (χ1) is 8.70. The highest BCUT2D eigenvalue weighted by molar-refractivity contribution is 5.42. The molecular weight excluding hydrogens is 228 g/mol. The van der Waals surface area contributed by atoms with E-state index in [1.807, 2.05) is 17.7 Å². The van der Waals surface area contributed by atoms with Gasteiger partial charge in [0.05, 0.1) is 5.69 Å². The van der Waals surface area contributed by atoms with Crippen LogP contribution in [0.5, 0.6) is 0 Å². The summed E-state index contributed by atoms with van der Waals surface area (Å²) in [6, 6.07) is 3.61. The lowest BCUT2D eigenvalue weighted by molar-refractivity contribution is 0.678. The largest absolute Gasteiger partial charge is 0.331 e. The van der Waals surface area contributed by atoms with Crippen LogP contribution in [0, 0.1) is 0 Å². The Morgan fingerprint density at radius 2 is 2.11 bits per heavy atom. The average molecular weight is 246 g/mol. The van der Waals surface area contributed by atoms with Crippen LogP contribution in [-0.4, -0.2) is 14.2 Å². The molecule has 0 unspecified atom stereocenters. The van der Waals surface area contributed by atoms with Crippen LogP contribution in [0.4, 0.5) is 0 Å². The molecule has 5 heteroatoms. The molecule has 1 aliphatic rings. The zero-order valence-corrected chi connectivity index (χ0v) is 10.6. The minimum atomic E-state index is -0.0900. The summed E-state index contributed by atoms with van der Waals surface area (Å²) in [6.45, 7) is 0.367. The molecule has 0 bridgehead atoms. The number of aromatic nitrogens is 3. The van der Waals surface area contributed by atoms with Crippen molar-refractivity contribution in [2.75, 3.05) is 0 Å². The smallest absolute Gasteiger partial charge is 0.274 e. The molecule has 0 saturated heterocycles. The molecule has 2 heterocycles. The van der Waals surface area contributed by atoms with Gasteiger partial charge < -0.3 is 10.3 Å². The van der Waals surface area contributed by atoms with Gasteiger partial charge in [0, 0.05) is 37.3 Å². The number of rotatable bonds is 2. The van der Waals surface area contributed by atoms with E-state index in [1.165, 1.54) is 30.2 Å². The standard InChI is InChI=1S/C13H18N4O/c1-16-10(8-14)6-13(18)17-12(16)7-11(15-17)9-4-2-3-5-9/h6-7,9H,2-5,8,14H2,1H3. The fourth-order valence-corrected chi connectivity index (χ4v) is 2.85. The van der Waals surface area contributed by atoms with Gasteiger partial charge in [0.2, 0.25) is 0 Å². The van der Waals surface area contributed by atoms with Gasteiger partial charge in [-0.05, 0) is 12.8 Å². The number of nitrogens with two attached hydrogens (primary N) is 1. The Balaban J connectivity index is 2.19. The van der Waals surface area contributed by atoms with E-state index in [4.69, 9.17) is 5.73 Å². The van der Waals surface area contributed by atoms with Gasteiger partial charge in [-0.2, -0.15) is 9.61 Å². The van der Waals surface area contributed by atoms with Gasteiger partial charge in [-0.1, -0.05) is 12.8 Å². The number of hydrogen-bond donors (Lipinski definition) is 1. The lowest BCUT2D eigenvalue weighted by Crippen LogP contribution is -2.21. The lowest BCUT2D eigenvalue weighted by atomic mass is 10.1. The van der Waals surface area contributed by atoms with Crippen molar-refractivity contribution in [1.82, 2.24) is 14.2 Å². The van der Waals surface area contributed by atoms with Gasteiger partial charge in [0.1, 0.15) is 5.65 Å². The number of fused-ring (bicyclic) bond motifs is 1.